The van der Waals surface area contributed by atoms with Crippen LogP contribution >= 0.6 is 23.2 Å². The number of hydrogen-bond donors (Lipinski definition) is 1. The number of halogens is 2. The minimum atomic E-state index is 0.468. The second-order valence-electron chi connectivity index (χ2n) is 3.55. The Morgan fingerprint density at radius 1 is 1.29 bits per heavy atom. The summed E-state index contributed by atoms with van der Waals surface area (Å²) in [5, 5.41) is 5.25. The fraction of sp³-hybridized carbons (Fsp3) is 0.182. The van der Waals surface area contributed by atoms with Gasteiger partial charge in [0, 0.05) is 29.8 Å². The average molecular weight is 272 g/mol. The van der Waals surface area contributed by atoms with Crippen molar-refractivity contribution in [2.75, 3.05) is 12.8 Å². The van der Waals surface area contributed by atoms with Gasteiger partial charge >= 0.3 is 0 Å². The second-order valence-corrected chi connectivity index (χ2v) is 4.36. The molecular formula is C11H11Cl2N3O. The lowest BCUT2D eigenvalue weighted by atomic mass is 10.1. The first-order valence-electron chi connectivity index (χ1n) is 4.86. The molecule has 2 rings (SSSR count). The molecule has 0 fully saturated rings. The molecule has 2 N–H and O–H groups in total. The van der Waals surface area contributed by atoms with E-state index in [1.54, 1.807) is 29.9 Å². The van der Waals surface area contributed by atoms with Crippen LogP contribution in [-0.2, 0) is 7.05 Å². The van der Waals surface area contributed by atoms with E-state index in [-0.39, 0.29) is 0 Å². The first-order chi connectivity index (χ1) is 8.02. The minimum Gasteiger partial charge on any atom is -0.495 e. The zero-order valence-electron chi connectivity index (χ0n) is 9.37. The fourth-order valence-corrected chi connectivity index (χ4v) is 2.00. The Morgan fingerprint density at radius 2 is 2.00 bits per heavy atom. The summed E-state index contributed by atoms with van der Waals surface area (Å²) in [6, 6.07) is 5.12. The number of methoxy groups -OCH3 is 1. The summed E-state index contributed by atoms with van der Waals surface area (Å²) in [5.74, 6) is 1.06. The molecule has 0 bridgehead atoms. The molecule has 6 heteroatoms. The summed E-state index contributed by atoms with van der Waals surface area (Å²) in [7, 11) is 3.29. The molecule has 0 radical (unpaired) electrons. The van der Waals surface area contributed by atoms with Gasteiger partial charge in [-0.1, -0.05) is 23.2 Å². The van der Waals surface area contributed by atoms with Gasteiger partial charge in [0.1, 0.15) is 11.6 Å². The highest BCUT2D eigenvalue weighted by Gasteiger charge is 2.14. The molecule has 1 aromatic heterocycles. The van der Waals surface area contributed by atoms with Gasteiger partial charge in [0.05, 0.1) is 17.8 Å². The van der Waals surface area contributed by atoms with E-state index in [0.717, 1.165) is 0 Å². The van der Waals surface area contributed by atoms with Crippen LogP contribution in [0.2, 0.25) is 10.0 Å². The third-order valence-corrected chi connectivity index (χ3v) is 3.02. The zero-order valence-corrected chi connectivity index (χ0v) is 10.9. The summed E-state index contributed by atoms with van der Waals surface area (Å²) < 4.78 is 6.71. The van der Waals surface area contributed by atoms with Gasteiger partial charge in [0.2, 0.25) is 0 Å². The van der Waals surface area contributed by atoms with Gasteiger partial charge in [-0.05, 0) is 6.07 Å². The third-order valence-electron chi connectivity index (χ3n) is 2.42. The summed E-state index contributed by atoms with van der Waals surface area (Å²) in [5.41, 5.74) is 7.09. The summed E-state index contributed by atoms with van der Waals surface area (Å²) in [6.07, 6.45) is 0. The van der Waals surface area contributed by atoms with Gasteiger partial charge in [0.15, 0.2) is 0 Å². The quantitative estimate of drug-likeness (QED) is 0.914. The molecule has 0 spiro atoms. The molecule has 0 aliphatic carbocycles. The van der Waals surface area contributed by atoms with Crippen molar-refractivity contribution in [3.63, 3.8) is 0 Å². The Morgan fingerprint density at radius 3 is 2.53 bits per heavy atom. The smallest absolute Gasteiger partial charge is 0.139 e. The lowest BCUT2D eigenvalue weighted by molar-refractivity contribution is 0.415. The molecule has 0 unspecified atom stereocenters. The monoisotopic (exact) mass is 271 g/mol. The Hall–Kier alpha value is -1.39. The molecular weight excluding hydrogens is 261 g/mol. The highest BCUT2D eigenvalue weighted by atomic mass is 35.5. The fourth-order valence-electron chi connectivity index (χ4n) is 1.51. The Kier molecular flexibility index (Phi) is 3.17. The van der Waals surface area contributed by atoms with Crippen LogP contribution < -0.4 is 10.5 Å². The highest BCUT2D eigenvalue weighted by Crippen LogP contribution is 2.37. The predicted octanol–water partition coefficient (Wildman–Crippen LogP) is 2.98. The van der Waals surface area contributed by atoms with Gasteiger partial charge in [-0.15, -0.1) is 0 Å². The molecule has 0 aliphatic rings. The number of aromatic nitrogens is 2. The van der Waals surface area contributed by atoms with Gasteiger partial charge in [0.25, 0.3) is 0 Å². The van der Waals surface area contributed by atoms with Crippen LogP contribution in [0.1, 0.15) is 0 Å². The van der Waals surface area contributed by atoms with Gasteiger partial charge in [-0.25, -0.2) is 0 Å². The summed E-state index contributed by atoms with van der Waals surface area (Å²) >= 11 is 12.2. The number of hydrogen-bond acceptors (Lipinski definition) is 3. The molecule has 90 valence electrons. The van der Waals surface area contributed by atoms with Gasteiger partial charge in [-0.3, -0.25) is 4.68 Å². The number of ether oxygens (including phenoxy) is 1. The van der Waals surface area contributed by atoms with Crippen LogP contribution in [0, 0.1) is 0 Å². The van der Waals surface area contributed by atoms with E-state index in [1.165, 1.54) is 7.11 Å². The number of benzene rings is 1. The molecule has 0 saturated heterocycles. The summed E-state index contributed by atoms with van der Waals surface area (Å²) in [4.78, 5) is 0. The van der Waals surface area contributed by atoms with Crippen molar-refractivity contribution in [3.05, 3.63) is 28.2 Å². The maximum absolute atomic E-state index is 6.20. The average Bonchev–Trinajstić information content (AvgIpc) is 2.62. The van der Waals surface area contributed by atoms with E-state index in [1.807, 2.05) is 0 Å². The van der Waals surface area contributed by atoms with E-state index in [4.69, 9.17) is 33.7 Å². The minimum absolute atomic E-state index is 0.468. The Labute approximate surface area is 109 Å². The normalized spacial score (nSPS) is 10.6. The maximum atomic E-state index is 6.20. The lowest BCUT2D eigenvalue weighted by Crippen LogP contribution is -1.96. The number of nitrogen functional groups attached to an aromatic ring is 1. The van der Waals surface area contributed by atoms with E-state index >= 15 is 0 Å². The number of rotatable bonds is 2. The van der Waals surface area contributed by atoms with E-state index < -0.39 is 0 Å². The molecule has 1 aromatic carbocycles. The number of nitrogens with zero attached hydrogens (tertiary/aromatic N) is 2. The van der Waals surface area contributed by atoms with Crippen molar-refractivity contribution in [2.24, 2.45) is 7.05 Å². The van der Waals surface area contributed by atoms with Crippen molar-refractivity contribution in [1.29, 1.82) is 0 Å². The van der Waals surface area contributed by atoms with Crippen LogP contribution in [0.5, 0.6) is 5.75 Å². The van der Waals surface area contributed by atoms with Crippen LogP contribution in [0.25, 0.3) is 11.3 Å². The Bertz CT molecular complexity index is 547. The molecule has 1 heterocycles. The van der Waals surface area contributed by atoms with Crippen molar-refractivity contribution >= 4 is 29.0 Å². The van der Waals surface area contributed by atoms with E-state index in [2.05, 4.69) is 5.10 Å². The van der Waals surface area contributed by atoms with Crippen molar-refractivity contribution < 1.29 is 4.74 Å². The van der Waals surface area contributed by atoms with Crippen LogP contribution in [0.4, 0.5) is 5.82 Å². The zero-order chi connectivity index (χ0) is 12.6. The predicted molar refractivity (Wildman–Crippen MR) is 69.6 cm³/mol. The summed E-state index contributed by atoms with van der Waals surface area (Å²) in [6.45, 7) is 0. The number of aryl methyl sites for hydroxylation is 1. The Balaban J connectivity index is 2.62. The van der Waals surface area contributed by atoms with Crippen molar-refractivity contribution in [2.45, 2.75) is 0 Å². The molecule has 0 atom stereocenters. The van der Waals surface area contributed by atoms with Crippen molar-refractivity contribution in [3.8, 4) is 17.0 Å². The van der Waals surface area contributed by atoms with Crippen LogP contribution in [0.15, 0.2) is 18.2 Å². The number of nitrogens with two attached hydrogens (primary N) is 1. The third kappa shape index (κ3) is 2.18. The standard InChI is InChI=1S/C11H11Cl2N3O/c1-16-10(14)5-8(15-16)7-3-6(12)4-9(17-2)11(7)13/h3-5H,14H2,1-2H3. The lowest BCUT2D eigenvalue weighted by Gasteiger charge is -2.07. The van der Waals surface area contributed by atoms with Gasteiger partial charge in [-0.2, -0.15) is 5.10 Å². The SMILES string of the molecule is COc1cc(Cl)cc(-c2cc(N)n(C)n2)c1Cl. The first-order valence-corrected chi connectivity index (χ1v) is 5.61. The molecule has 0 aliphatic heterocycles. The molecule has 0 amide bonds. The topological polar surface area (TPSA) is 53.1 Å². The largest absolute Gasteiger partial charge is 0.495 e. The first kappa shape index (κ1) is 12.1. The van der Waals surface area contributed by atoms with E-state index in [0.29, 0.717) is 32.9 Å². The number of anilines is 1. The molecule has 17 heavy (non-hydrogen) atoms. The molecule has 2 aromatic rings. The molecule has 4 nitrogen and oxygen atoms in total. The maximum Gasteiger partial charge on any atom is 0.139 e. The molecule has 0 saturated carbocycles. The van der Waals surface area contributed by atoms with Crippen LogP contribution in [-0.4, -0.2) is 16.9 Å². The van der Waals surface area contributed by atoms with Gasteiger partial charge < -0.3 is 10.5 Å². The highest BCUT2D eigenvalue weighted by molar-refractivity contribution is 6.36. The second kappa shape index (κ2) is 4.47. The van der Waals surface area contributed by atoms with Crippen LogP contribution in [0.3, 0.4) is 0 Å². The van der Waals surface area contributed by atoms with E-state index in [9.17, 15) is 0 Å². The van der Waals surface area contributed by atoms with Crippen molar-refractivity contribution in [1.82, 2.24) is 9.78 Å².